The van der Waals surface area contributed by atoms with Crippen LogP contribution < -0.4 is 4.74 Å². The van der Waals surface area contributed by atoms with Crippen LogP contribution in [0.2, 0.25) is 0 Å². The quantitative estimate of drug-likeness (QED) is 0.201. The molecule has 0 aliphatic rings. The maximum Gasteiger partial charge on any atom is 0.126 e. The van der Waals surface area contributed by atoms with E-state index in [0.29, 0.717) is 0 Å². The van der Waals surface area contributed by atoms with Crippen LogP contribution in [0.1, 0.15) is 0 Å². The van der Waals surface area contributed by atoms with Gasteiger partial charge in [-0.3, -0.25) is 0 Å². The zero-order valence-electron chi connectivity index (χ0n) is 22.6. The average molecular weight is 543 g/mol. The minimum atomic E-state index is 0.883. The van der Waals surface area contributed by atoms with Gasteiger partial charge >= 0.3 is 0 Å². The van der Waals surface area contributed by atoms with Crippen molar-refractivity contribution < 1.29 is 4.74 Å². The molecule has 0 fully saturated rings. The van der Waals surface area contributed by atoms with E-state index in [9.17, 15) is 0 Å². The predicted molar refractivity (Wildman–Crippen MR) is 177 cm³/mol. The monoisotopic (exact) mass is 542 g/mol. The van der Waals surface area contributed by atoms with Crippen molar-refractivity contribution in [3.8, 4) is 39.1 Å². The Balaban J connectivity index is 1.42. The third kappa shape index (κ3) is 3.76. The molecule has 0 N–H and O–H groups in total. The van der Waals surface area contributed by atoms with Crippen LogP contribution in [0.25, 0.3) is 75.1 Å². The fraction of sp³-hybridized carbons (Fsp3) is 0.0256. The Morgan fingerprint density at radius 3 is 1.71 bits per heavy atom. The largest absolute Gasteiger partial charge is 0.496 e. The zero-order valence-corrected chi connectivity index (χ0v) is 23.4. The summed E-state index contributed by atoms with van der Waals surface area (Å²) in [5.74, 6) is 0.883. The van der Waals surface area contributed by atoms with Crippen LogP contribution in [0.3, 0.4) is 0 Å². The number of rotatable bonds is 4. The van der Waals surface area contributed by atoms with Crippen LogP contribution in [-0.4, -0.2) is 7.11 Å². The summed E-state index contributed by atoms with van der Waals surface area (Å²) in [6.07, 6.45) is 0. The van der Waals surface area contributed by atoms with Gasteiger partial charge in [-0.15, -0.1) is 11.3 Å². The van der Waals surface area contributed by atoms with Gasteiger partial charge in [0.1, 0.15) is 5.75 Å². The summed E-state index contributed by atoms with van der Waals surface area (Å²) in [4.78, 5) is 0. The van der Waals surface area contributed by atoms with Gasteiger partial charge in [-0.1, -0.05) is 121 Å². The first-order valence-corrected chi connectivity index (χ1v) is 14.7. The van der Waals surface area contributed by atoms with Crippen LogP contribution in [0.4, 0.5) is 0 Å². The Bertz CT molecular complexity index is 2200. The Morgan fingerprint density at radius 2 is 0.976 bits per heavy atom. The summed E-state index contributed by atoms with van der Waals surface area (Å²) in [5, 5.41) is 7.58. The lowest BCUT2D eigenvalue weighted by molar-refractivity contribution is 0.416. The summed E-state index contributed by atoms with van der Waals surface area (Å²) >= 11 is 1.88. The lowest BCUT2D eigenvalue weighted by Gasteiger charge is -2.19. The summed E-state index contributed by atoms with van der Waals surface area (Å²) in [6, 6.07) is 50.4. The Hall–Kier alpha value is -4.92. The second kappa shape index (κ2) is 9.62. The van der Waals surface area contributed by atoms with E-state index in [1.165, 1.54) is 69.5 Å². The van der Waals surface area contributed by atoms with Gasteiger partial charge in [0.2, 0.25) is 0 Å². The van der Waals surface area contributed by atoms with Crippen molar-refractivity contribution in [1.82, 2.24) is 0 Å². The van der Waals surface area contributed by atoms with E-state index in [4.69, 9.17) is 4.74 Å². The number of hydrogen-bond acceptors (Lipinski definition) is 2. The second-order valence-corrected chi connectivity index (χ2v) is 11.5. The molecule has 0 spiro atoms. The minimum absolute atomic E-state index is 0.883. The normalized spacial score (nSPS) is 11.5. The van der Waals surface area contributed by atoms with Gasteiger partial charge in [-0.25, -0.2) is 0 Å². The molecule has 41 heavy (non-hydrogen) atoms. The molecule has 0 atom stereocenters. The molecule has 1 nitrogen and oxygen atoms in total. The van der Waals surface area contributed by atoms with Gasteiger partial charge in [0.25, 0.3) is 0 Å². The van der Waals surface area contributed by atoms with Crippen molar-refractivity contribution in [2.24, 2.45) is 0 Å². The van der Waals surface area contributed by atoms with E-state index in [1.807, 2.05) is 23.5 Å². The molecule has 0 unspecified atom stereocenters. The second-order valence-electron chi connectivity index (χ2n) is 10.4. The molecule has 1 aromatic heterocycles. The van der Waals surface area contributed by atoms with Gasteiger partial charge in [-0.2, -0.15) is 0 Å². The topological polar surface area (TPSA) is 9.23 Å². The molecule has 0 amide bonds. The first-order valence-electron chi connectivity index (χ1n) is 13.9. The van der Waals surface area contributed by atoms with Crippen molar-refractivity contribution >= 4 is 53.1 Å². The summed E-state index contributed by atoms with van der Waals surface area (Å²) in [5.41, 5.74) is 7.33. The molecule has 1 heterocycles. The SMILES string of the molecule is COc1ccccc1-c1c2ccccc2c(-c2cccc(-c3cccc4c3sc3ccccc34)c2)c2ccccc12. The molecular formula is C39H26OS. The van der Waals surface area contributed by atoms with Gasteiger partial charge in [0.05, 0.1) is 7.11 Å². The Labute approximate surface area is 242 Å². The average Bonchev–Trinajstić information content (AvgIpc) is 3.42. The molecule has 194 valence electrons. The van der Waals surface area contributed by atoms with Crippen LogP contribution >= 0.6 is 11.3 Å². The third-order valence-corrected chi connectivity index (χ3v) is 9.39. The van der Waals surface area contributed by atoms with Gasteiger partial charge in [0, 0.05) is 31.3 Å². The lowest BCUT2D eigenvalue weighted by Crippen LogP contribution is -1.93. The van der Waals surface area contributed by atoms with Gasteiger partial charge in [0.15, 0.2) is 0 Å². The smallest absolute Gasteiger partial charge is 0.126 e. The molecule has 0 aliphatic carbocycles. The van der Waals surface area contributed by atoms with E-state index in [2.05, 4.69) is 127 Å². The first-order chi connectivity index (χ1) is 20.3. The van der Waals surface area contributed by atoms with E-state index < -0.39 is 0 Å². The van der Waals surface area contributed by atoms with Crippen molar-refractivity contribution in [3.63, 3.8) is 0 Å². The van der Waals surface area contributed by atoms with Crippen molar-refractivity contribution in [1.29, 1.82) is 0 Å². The van der Waals surface area contributed by atoms with Crippen LogP contribution in [0.15, 0.2) is 140 Å². The maximum atomic E-state index is 5.84. The molecule has 0 radical (unpaired) electrons. The molecule has 0 saturated carbocycles. The van der Waals surface area contributed by atoms with E-state index in [-0.39, 0.29) is 0 Å². The minimum Gasteiger partial charge on any atom is -0.496 e. The summed E-state index contributed by atoms with van der Waals surface area (Å²) in [7, 11) is 1.75. The van der Waals surface area contributed by atoms with Gasteiger partial charge in [-0.05, 0) is 62.0 Å². The van der Waals surface area contributed by atoms with Crippen LogP contribution in [0.5, 0.6) is 5.75 Å². The van der Waals surface area contributed by atoms with E-state index in [1.54, 1.807) is 7.11 Å². The molecule has 0 aliphatic heterocycles. The first kappa shape index (κ1) is 23.9. The van der Waals surface area contributed by atoms with E-state index in [0.717, 1.165) is 11.3 Å². The highest BCUT2D eigenvalue weighted by Crippen LogP contribution is 2.47. The number of fused-ring (bicyclic) bond motifs is 5. The highest BCUT2D eigenvalue weighted by molar-refractivity contribution is 7.26. The Morgan fingerprint density at radius 1 is 0.439 bits per heavy atom. The van der Waals surface area contributed by atoms with Crippen molar-refractivity contribution in [2.45, 2.75) is 0 Å². The van der Waals surface area contributed by atoms with E-state index >= 15 is 0 Å². The van der Waals surface area contributed by atoms with Crippen LogP contribution in [-0.2, 0) is 0 Å². The molecule has 0 saturated heterocycles. The summed E-state index contributed by atoms with van der Waals surface area (Å²) < 4.78 is 8.50. The number of methoxy groups -OCH3 is 1. The molecular weight excluding hydrogens is 516 g/mol. The summed E-state index contributed by atoms with van der Waals surface area (Å²) in [6.45, 7) is 0. The maximum absolute atomic E-state index is 5.84. The molecule has 8 aromatic rings. The van der Waals surface area contributed by atoms with Crippen molar-refractivity contribution in [3.05, 3.63) is 140 Å². The Kier molecular flexibility index (Phi) is 5.61. The number of ether oxygens (including phenoxy) is 1. The zero-order chi connectivity index (χ0) is 27.3. The van der Waals surface area contributed by atoms with Crippen LogP contribution in [0, 0.1) is 0 Å². The highest BCUT2D eigenvalue weighted by atomic mass is 32.1. The molecule has 0 bridgehead atoms. The number of benzene rings is 7. The molecule has 8 rings (SSSR count). The number of thiophene rings is 1. The fourth-order valence-electron chi connectivity index (χ4n) is 6.40. The van der Waals surface area contributed by atoms with Gasteiger partial charge < -0.3 is 4.74 Å². The standard InChI is InChI=1S/C39H26OS/c1-40-35-22-8-6-19-34(35)38-31-17-4-2-15-29(31)37(30-16-3-5-18-32(30)38)26-13-10-12-25(24-26)27-20-11-21-33-28-14-7-9-23-36(28)41-39(27)33/h2-24H,1H3. The fourth-order valence-corrected chi connectivity index (χ4v) is 7.64. The number of hydrogen-bond donors (Lipinski definition) is 0. The lowest BCUT2D eigenvalue weighted by atomic mass is 9.85. The highest BCUT2D eigenvalue weighted by Gasteiger charge is 2.19. The predicted octanol–water partition coefficient (Wildman–Crippen LogP) is 11.4. The van der Waals surface area contributed by atoms with Crippen molar-refractivity contribution in [2.75, 3.05) is 7.11 Å². The molecule has 7 aromatic carbocycles. The third-order valence-electron chi connectivity index (χ3n) is 8.17. The molecule has 2 heteroatoms. The number of para-hydroxylation sites is 1.